The van der Waals surface area contributed by atoms with Gasteiger partial charge in [-0.15, -0.1) is 0 Å². The number of ether oxygens (including phenoxy) is 2. The van der Waals surface area contributed by atoms with Crippen molar-refractivity contribution in [3.8, 4) is 11.5 Å². The van der Waals surface area contributed by atoms with Gasteiger partial charge in [-0.3, -0.25) is 4.79 Å². The maximum atomic E-state index is 10.9. The Morgan fingerprint density at radius 3 is 2.37 bits per heavy atom. The van der Waals surface area contributed by atoms with Gasteiger partial charge in [-0.25, -0.2) is 0 Å². The number of carboxylic acid groups (broad SMARTS) is 1. The largest absolute Gasteiger partial charge is 0.493 e. The van der Waals surface area contributed by atoms with Gasteiger partial charge in [-0.05, 0) is 29.5 Å². The average Bonchev–Trinajstić information content (AvgIpc) is 2.37. The molecule has 5 heteroatoms. The molecule has 0 bridgehead atoms. The molecule has 0 aliphatic rings. The van der Waals surface area contributed by atoms with Crippen LogP contribution < -0.4 is 15.2 Å². The molecule has 106 valence electrons. The van der Waals surface area contributed by atoms with E-state index in [-0.39, 0.29) is 5.41 Å². The Kier molecular flexibility index (Phi) is 4.78. The molecule has 0 fully saturated rings. The van der Waals surface area contributed by atoms with Crippen LogP contribution in [0.25, 0.3) is 0 Å². The summed E-state index contributed by atoms with van der Waals surface area (Å²) in [6.07, 6.45) is 0.345. The smallest absolute Gasteiger partial charge is 0.320 e. The van der Waals surface area contributed by atoms with Crippen LogP contribution >= 0.6 is 0 Å². The fraction of sp³-hybridized carbons (Fsp3) is 0.500. The predicted octanol–water partition coefficient (Wildman–Crippen LogP) is 1.78. The third kappa shape index (κ3) is 3.61. The van der Waals surface area contributed by atoms with Crippen molar-refractivity contribution in [2.45, 2.75) is 31.7 Å². The number of carboxylic acids is 1. The molecule has 5 nitrogen and oxygen atoms in total. The Labute approximate surface area is 113 Å². The molecule has 0 spiro atoms. The van der Waals surface area contributed by atoms with Crippen LogP contribution in [0, 0.1) is 0 Å². The highest BCUT2D eigenvalue weighted by molar-refractivity contribution is 5.73. The Morgan fingerprint density at radius 1 is 1.32 bits per heavy atom. The molecule has 1 atom stereocenters. The number of rotatable bonds is 6. The third-order valence-electron chi connectivity index (χ3n) is 3.21. The first-order valence-corrected chi connectivity index (χ1v) is 6.02. The zero-order valence-electron chi connectivity index (χ0n) is 11.8. The number of benzene rings is 1. The van der Waals surface area contributed by atoms with Gasteiger partial charge >= 0.3 is 5.97 Å². The Morgan fingerprint density at radius 2 is 1.89 bits per heavy atom. The summed E-state index contributed by atoms with van der Waals surface area (Å²) in [6, 6.07) is 4.68. The van der Waals surface area contributed by atoms with E-state index in [1.807, 2.05) is 32.0 Å². The molecule has 0 amide bonds. The first-order valence-electron chi connectivity index (χ1n) is 6.02. The van der Waals surface area contributed by atoms with Gasteiger partial charge in [-0.2, -0.15) is 0 Å². The van der Waals surface area contributed by atoms with E-state index in [9.17, 15) is 4.79 Å². The lowest BCUT2D eigenvalue weighted by Crippen LogP contribution is -2.36. The van der Waals surface area contributed by atoms with Gasteiger partial charge in [0, 0.05) is 0 Å². The van der Waals surface area contributed by atoms with Crippen LogP contribution in [0.3, 0.4) is 0 Å². The Bertz CT molecular complexity index is 457. The number of nitrogens with two attached hydrogens (primary N) is 1. The van der Waals surface area contributed by atoms with Crippen LogP contribution in [0.15, 0.2) is 18.2 Å². The molecule has 0 aromatic heterocycles. The molecule has 0 heterocycles. The van der Waals surface area contributed by atoms with E-state index in [4.69, 9.17) is 20.3 Å². The molecule has 3 N–H and O–H groups in total. The van der Waals surface area contributed by atoms with E-state index in [1.54, 1.807) is 14.2 Å². The molecular formula is C14H21NO4. The molecule has 1 aromatic carbocycles. The van der Waals surface area contributed by atoms with Crippen molar-refractivity contribution >= 4 is 5.97 Å². The van der Waals surface area contributed by atoms with E-state index in [0.717, 1.165) is 5.56 Å². The maximum absolute atomic E-state index is 10.9. The molecule has 1 rings (SSSR count). The predicted molar refractivity (Wildman–Crippen MR) is 72.8 cm³/mol. The van der Waals surface area contributed by atoms with Gasteiger partial charge in [0.15, 0.2) is 11.5 Å². The molecule has 0 saturated heterocycles. The summed E-state index contributed by atoms with van der Waals surface area (Å²) < 4.78 is 10.4. The normalized spacial score (nSPS) is 12.9. The van der Waals surface area contributed by atoms with Gasteiger partial charge in [0.2, 0.25) is 0 Å². The van der Waals surface area contributed by atoms with Crippen molar-refractivity contribution in [3.05, 3.63) is 23.8 Å². The topological polar surface area (TPSA) is 81.8 Å². The lowest BCUT2D eigenvalue weighted by molar-refractivity contribution is -0.139. The van der Waals surface area contributed by atoms with Crippen molar-refractivity contribution < 1.29 is 19.4 Å². The third-order valence-corrected chi connectivity index (χ3v) is 3.21. The van der Waals surface area contributed by atoms with Gasteiger partial charge in [-0.1, -0.05) is 19.9 Å². The fourth-order valence-corrected chi connectivity index (χ4v) is 2.01. The number of methoxy groups -OCH3 is 2. The molecule has 1 aromatic rings. The highest BCUT2D eigenvalue weighted by Gasteiger charge is 2.27. The molecule has 1 unspecified atom stereocenters. The molecule has 0 radical (unpaired) electrons. The van der Waals surface area contributed by atoms with E-state index in [2.05, 4.69) is 0 Å². The molecule has 19 heavy (non-hydrogen) atoms. The van der Waals surface area contributed by atoms with Crippen molar-refractivity contribution in [3.63, 3.8) is 0 Å². The monoisotopic (exact) mass is 267 g/mol. The van der Waals surface area contributed by atoms with Crippen molar-refractivity contribution in [2.24, 2.45) is 5.73 Å². The molecule has 0 saturated carbocycles. The van der Waals surface area contributed by atoms with Crippen LogP contribution in [0.4, 0.5) is 0 Å². The van der Waals surface area contributed by atoms with Crippen LogP contribution in [-0.4, -0.2) is 31.3 Å². The summed E-state index contributed by atoms with van der Waals surface area (Å²) in [5.41, 5.74) is 6.21. The average molecular weight is 267 g/mol. The quantitative estimate of drug-likeness (QED) is 0.821. The van der Waals surface area contributed by atoms with E-state index >= 15 is 0 Å². The number of carbonyl (C=O) groups is 1. The number of hydrogen-bond acceptors (Lipinski definition) is 4. The van der Waals surface area contributed by atoms with Gasteiger partial charge in [0.05, 0.1) is 14.2 Å². The molecule has 0 aliphatic heterocycles. The summed E-state index contributed by atoms with van der Waals surface area (Å²) in [6.45, 7) is 3.91. The minimum atomic E-state index is -0.992. The van der Waals surface area contributed by atoms with Crippen LogP contribution in [0.5, 0.6) is 11.5 Å². The van der Waals surface area contributed by atoms with Crippen LogP contribution in [-0.2, 0) is 10.2 Å². The standard InChI is InChI=1S/C14H21NO4/c1-14(2,8-10(15)13(16)17)9-5-6-11(18-3)12(7-9)19-4/h5-7,10H,8,15H2,1-4H3,(H,16,17). The number of hydrogen-bond donors (Lipinski definition) is 2. The van der Waals surface area contributed by atoms with E-state index < -0.39 is 12.0 Å². The van der Waals surface area contributed by atoms with Gasteiger partial charge in [0.1, 0.15) is 6.04 Å². The van der Waals surface area contributed by atoms with Crippen molar-refractivity contribution in [1.82, 2.24) is 0 Å². The Hall–Kier alpha value is -1.75. The second-order valence-corrected chi connectivity index (χ2v) is 5.10. The van der Waals surface area contributed by atoms with Crippen LogP contribution in [0.2, 0.25) is 0 Å². The second-order valence-electron chi connectivity index (χ2n) is 5.10. The second kappa shape index (κ2) is 5.93. The van der Waals surface area contributed by atoms with Crippen LogP contribution in [0.1, 0.15) is 25.8 Å². The van der Waals surface area contributed by atoms with Gasteiger partial charge < -0.3 is 20.3 Å². The zero-order valence-corrected chi connectivity index (χ0v) is 11.8. The first-order chi connectivity index (χ1) is 8.81. The molecule has 0 aliphatic carbocycles. The Balaban J connectivity index is 3.04. The lowest BCUT2D eigenvalue weighted by Gasteiger charge is -2.27. The first kappa shape index (κ1) is 15.3. The fourth-order valence-electron chi connectivity index (χ4n) is 2.01. The van der Waals surface area contributed by atoms with E-state index in [0.29, 0.717) is 17.9 Å². The highest BCUT2D eigenvalue weighted by atomic mass is 16.5. The minimum absolute atomic E-state index is 0.345. The van der Waals surface area contributed by atoms with Crippen molar-refractivity contribution in [1.29, 1.82) is 0 Å². The minimum Gasteiger partial charge on any atom is -0.493 e. The SMILES string of the molecule is COc1ccc(C(C)(C)CC(N)C(=O)O)cc1OC. The summed E-state index contributed by atoms with van der Waals surface area (Å²) in [5.74, 6) is 0.273. The van der Waals surface area contributed by atoms with Gasteiger partial charge in [0.25, 0.3) is 0 Å². The summed E-state index contributed by atoms with van der Waals surface area (Å²) in [4.78, 5) is 10.9. The lowest BCUT2D eigenvalue weighted by atomic mass is 9.79. The maximum Gasteiger partial charge on any atom is 0.320 e. The summed E-state index contributed by atoms with van der Waals surface area (Å²) in [5, 5.41) is 8.91. The van der Waals surface area contributed by atoms with E-state index in [1.165, 1.54) is 0 Å². The molecular weight excluding hydrogens is 246 g/mol. The van der Waals surface area contributed by atoms with Crippen molar-refractivity contribution in [2.75, 3.05) is 14.2 Å². The zero-order chi connectivity index (χ0) is 14.6. The number of aliphatic carboxylic acids is 1. The summed E-state index contributed by atoms with van der Waals surface area (Å²) >= 11 is 0. The summed E-state index contributed by atoms with van der Waals surface area (Å²) in [7, 11) is 3.14. The highest BCUT2D eigenvalue weighted by Crippen LogP contribution is 2.35.